The molecular formula is C32H27F7O3. The molecule has 1 heterocycles. The van der Waals surface area contributed by atoms with E-state index in [0.717, 1.165) is 0 Å². The van der Waals surface area contributed by atoms with Crippen molar-refractivity contribution in [3.05, 3.63) is 88.7 Å². The van der Waals surface area contributed by atoms with Crippen LogP contribution in [-0.4, -0.2) is 19.3 Å². The average Bonchev–Trinajstić information content (AvgIpc) is 2.95. The molecule has 2 aliphatic rings. The molecule has 0 N–H and O–H groups in total. The minimum absolute atomic E-state index is 0.00512. The second-order valence-corrected chi connectivity index (χ2v) is 10.7. The predicted octanol–water partition coefficient (Wildman–Crippen LogP) is 8.56. The zero-order valence-electron chi connectivity index (χ0n) is 22.5. The van der Waals surface area contributed by atoms with Crippen LogP contribution in [0.4, 0.5) is 30.7 Å². The molecule has 0 amide bonds. The standard InChI is InChI=1S/C32H27F7O3/c1-18-16-40-31(41-17-18)22-8-11-25(27(34)13-22)21-7-6-20(26(33)12-21)5-2-19-3-9-23(10-4-19)32(38,39)42-24-14-28(35)30(37)29(36)15-24/h6-8,11-15,18-19,23,31H,3-4,9-10,16-17H2,1H3. The van der Waals surface area contributed by atoms with E-state index >= 15 is 0 Å². The first-order valence-electron chi connectivity index (χ1n) is 13.6. The van der Waals surface area contributed by atoms with E-state index < -0.39 is 53.2 Å². The van der Waals surface area contributed by atoms with Gasteiger partial charge in [0.25, 0.3) is 0 Å². The molecular weight excluding hydrogens is 565 g/mol. The van der Waals surface area contributed by atoms with Crippen LogP contribution >= 0.6 is 0 Å². The SMILES string of the molecule is CC1COC(c2ccc(-c3ccc(C#CC4CCC(C(F)(F)Oc5cc(F)c(F)c(F)c5)CC4)c(F)c3)c(F)c2)OC1. The van der Waals surface area contributed by atoms with Crippen LogP contribution in [0, 0.1) is 58.7 Å². The maximum absolute atomic E-state index is 14.9. The van der Waals surface area contributed by atoms with Gasteiger partial charge in [0.2, 0.25) is 0 Å². The molecule has 1 aliphatic carbocycles. The van der Waals surface area contributed by atoms with Gasteiger partial charge in [-0.3, -0.25) is 0 Å². The lowest BCUT2D eigenvalue weighted by molar-refractivity contribution is -0.223. The number of alkyl halides is 2. The zero-order chi connectivity index (χ0) is 30.0. The van der Waals surface area contributed by atoms with E-state index in [0.29, 0.717) is 36.5 Å². The quantitative estimate of drug-likeness (QED) is 0.169. The van der Waals surface area contributed by atoms with E-state index in [9.17, 15) is 30.7 Å². The number of benzene rings is 3. The predicted molar refractivity (Wildman–Crippen MR) is 140 cm³/mol. The highest BCUT2D eigenvalue weighted by Gasteiger charge is 2.44. The summed E-state index contributed by atoms with van der Waals surface area (Å²) in [6.45, 7) is 3.00. The van der Waals surface area contributed by atoms with Crippen LogP contribution in [0.3, 0.4) is 0 Å². The van der Waals surface area contributed by atoms with Gasteiger partial charge >= 0.3 is 6.11 Å². The van der Waals surface area contributed by atoms with Gasteiger partial charge in [-0.1, -0.05) is 37.0 Å². The highest BCUT2D eigenvalue weighted by molar-refractivity contribution is 5.66. The number of hydrogen-bond acceptors (Lipinski definition) is 3. The fraction of sp³-hybridized carbons (Fsp3) is 0.375. The Kier molecular flexibility index (Phi) is 8.81. The molecule has 0 atom stereocenters. The third kappa shape index (κ3) is 6.74. The molecule has 222 valence electrons. The topological polar surface area (TPSA) is 27.7 Å². The van der Waals surface area contributed by atoms with Gasteiger partial charge < -0.3 is 14.2 Å². The zero-order valence-corrected chi connectivity index (χ0v) is 22.5. The Hall–Kier alpha value is -3.55. The monoisotopic (exact) mass is 592 g/mol. The van der Waals surface area contributed by atoms with E-state index in [1.165, 1.54) is 24.3 Å². The molecule has 0 unspecified atom stereocenters. The average molecular weight is 593 g/mol. The van der Waals surface area contributed by atoms with Gasteiger partial charge in [0.1, 0.15) is 17.4 Å². The summed E-state index contributed by atoms with van der Waals surface area (Å²) in [6, 6.07) is 9.44. The van der Waals surface area contributed by atoms with Crippen LogP contribution in [0.1, 0.15) is 50.0 Å². The number of halogens is 7. The van der Waals surface area contributed by atoms with E-state index in [4.69, 9.17) is 9.47 Å². The Balaban J connectivity index is 1.19. The molecule has 3 nitrogen and oxygen atoms in total. The summed E-state index contributed by atoms with van der Waals surface area (Å²) in [7, 11) is 0. The number of hydrogen-bond donors (Lipinski definition) is 0. The maximum Gasteiger partial charge on any atom is 0.400 e. The van der Waals surface area contributed by atoms with E-state index in [-0.39, 0.29) is 48.6 Å². The molecule has 1 saturated carbocycles. The summed E-state index contributed by atoms with van der Waals surface area (Å²) in [5.41, 5.74) is 1.15. The molecule has 2 fully saturated rings. The van der Waals surface area contributed by atoms with Crippen LogP contribution in [-0.2, 0) is 9.47 Å². The number of ether oxygens (including phenoxy) is 3. The Morgan fingerprint density at radius 3 is 2.07 bits per heavy atom. The molecule has 1 saturated heterocycles. The molecule has 3 aromatic carbocycles. The molecule has 3 aromatic rings. The second-order valence-electron chi connectivity index (χ2n) is 10.7. The summed E-state index contributed by atoms with van der Waals surface area (Å²) in [6.07, 6.45) is -3.84. The maximum atomic E-state index is 14.9. The minimum Gasteiger partial charge on any atom is -0.432 e. The first-order valence-corrected chi connectivity index (χ1v) is 13.6. The third-order valence-corrected chi connectivity index (χ3v) is 7.43. The molecule has 0 radical (unpaired) electrons. The van der Waals surface area contributed by atoms with Crippen molar-refractivity contribution in [3.63, 3.8) is 0 Å². The fourth-order valence-electron chi connectivity index (χ4n) is 5.07. The van der Waals surface area contributed by atoms with Crippen molar-refractivity contribution in [2.75, 3.05) is 13.2 Å². The minimum atomic E-state index is -3.74. The first-order chi connectivity index (χ1) is 20.0. The Labute approximate surface area is 238 Å². The van der Waals surface area contributed by atoms with Gasteiger partial charge in [0, 0.05) is 35.1 Å². The van der Waals surface area contributed by atoms with Crippen molar-refractivity contribution in [2.45, 2.75) is 45.0 Å². The number of rotatable bonds is 5. The molecule has 10 heteroatoms. The van der Waals surface area contributed by atoms with Crippen molar-refractivity contribution in [3.8, 4) is 28.7 Å². The van der Waals surface area contributed by atoms with Gasteiger partial charge in [-0.15, -0.1) is 0 Å². The van der Waals surface area contributed by atoms with Crippen LogP contribution in [0.2, 0.25) is 0 Å². The third-order valence-electron chi connectivity index (χ3n) is 7.43. The fourth-order valence-corrected chi connectivity index (χ4v) is 5.07. The van der Waals surface area contributed by atoms with Gasteiger partial charge in [-0.25, -0.2) is 22.0 Å². The van der Waals surface area contributed by atoms with E-state index in [1.54, 1.807) is 12.1 Å². The van der Waals surface area contributed by atoms with E-state index in [2.05, 4.69) is 16.6 Å². The first kappa shape index (κ1) is 29.9. The van der Waals surface area contributed by atoms with Gasteiger partial charge in [0.15, 0.2) is 23.7 Å². The summed E-state index contributed by atoms with van der Waals surface area (Å²) < 4.78 is 115. The van der Waals surface area contributed by atoms with Crippen LogP contribution in [0.25, 0.3) is 11.1 Å². The highest BCUT2D eigenvalue weighted by atomic mass is 19.3. The Morgan fingerprint density at radius 1 is 0.786 bits per heavy atom. The van der Waals surface area contributed by atoms with Gasteiger partial charge in [-0.2, -0.15) is 8.78 Å². The van der Waals surface area contributed by atoms with Crippen molar-refractivity contribution in [1.29, 1.82) is 0 Å². The summed E-state index contributed by atoms with van der Waals surface area (Å²) in [5.74, 6) is -2.64. The summed E-state index contributed by atoms with van der Waals surface area (Å²) in [4.78, 5) is 0. The lowest BCUT2D eigenvalue weighted by Crippen LogP contribution is -2.37. The second kappa shape index (κ2) is 12.4. The molecule has 1 aliphatic heterocycles. The molecule has 0 aromatic heterocycles. The van der Waals surface area contributed by atoms with Crippen LogP contribution in [0.5, 0.6) is 5.75 Å². The molecule has 42 heavy (non-hydrogen) atoms. The van der Waals surface area contributed by atoms with Gasteiger partial charge in [0.05, 0.1) is 24.7 Å². The Morgan fingerprint density at radius 2 is 1.45 bits per heavy atom. The summed E-state index contributed by atoms with van der Waals surface area (Å²) >= 11 is 0. The van der Waals surface area contributed by atoms with Crippen LogP contribution in [0.15, 0.2) is 48.5 Å². The van der Waals surface area contributed by atoms with Crippen LogP contribution < -0.4 is 4.74 Å². The Bertz CT molecular complexity index is 1470. The molecule has 0 bridgehead atoms. The van der Waals surface area contributed by atoms with Crippen molar-refractivity contribution >= 4 is 0 Å². The van der Waals surface area contributed by atoms with Crippen molar-refractivity contribution < 1.29 is 44.9 Å². The lowest BCUT2D eigenvalue weighted by Gasteiger charge is -2.31. The van der Waals surface area contributed by atoms with E-state index in [1.807, 2.05) is 6.92 Å². The molecule has 5 rings (SSSR count). The lowest BCUT2D eigenvalue weighted by atomic mass is 9.81. The van der Waals surface area contributed by atoms with Gasteiger partial charge in [-0.05, 0) is 49.4 Å². The largest absolute Gasteiger partial charge is 0.432 e. The molecule has 0 spiro atoms. The summed E-state index contributed by atoms with van der Waals surface area (Å²) in [5, 5.41) is 0. The smallest absolute Gasteiger partial charge is 0.400 e. The highest BCUT2D eigenvalue weighted by Crippen LogP contribution is 2.40. The normalized spacial score (nSPS) is 22.8. The van der Waals surface area contributed by atoms with Crippen molar-refractivity contribution in [1.82, 2.24) is 0 Å². The van der Waals surface area contributed by atoms with Crippen molar-refractivity contribution in [2.24, 2.45) is 17.8 Å².